The number of carbonyl (C=O) groups is 2. The van der Waals surface area contributed by atoms with Crippen LogP contribution in [0.5, 0.6) is 0 Å². The van der Waals surface area contributed by atoms with Gasteiger partial charge in [-0.15, -0.1) is 0 Å². The number of fused-ring (bicyclic) bond motifs is 3. The van der Waals surface area contributed by atoms with E-state index in [-0.39, 0.29) is 18.0 Å². The molecule has 0 aliphatic carbocycles. The number of benzene rings is 1. The van der Waals surface area contributed by atoms with Gasteiger partial charge in [-0.05, 0) is 49.9 Å². The number of cyclic esters (lactones) is 1. The van der Waals surface area contributed by atoms with Crippen LogP contribution in [0.25, 0.3) is 10.9 Å². The van der Waals surface area contributed by atoms with E-state index >= 15 is 0 Å². The van der Waals surface area contributed by atoms with Gasteiger partial charge in [0.25, 0.3) is 0 Å². The molecule has 1 atom stereocenters. The Morgan fingerprint density at radius 2 is 2.08 bits per heavy atom. The lowest BCUT2D eigenvalue weighted by Gasteiger charge is -2.30. The highest BCUT2D eigenvalue weighted by molar-refractivity contribution is 5.92. The van der Waals surface area contributed by atoms with Crippen LogP contribution < -0.4 is 11.1 Å². The van der Waals surface area contributed by atoms with Gasteiger partial charge < -0.3 is 15.8 Å². The van der Waals surface area contributed by atoms with Gasteiger partial charge >= 0.3 is 6.09 Å². The van der Waals surface area contributed by atoms with Crippen LogP contribution in [0.15, 0.2) is 24.3 Å². The lowest BCUT2D eigenvalue weighted by atomic mass is 10.0. The van der Waals surface area contributed by atoms with Gasteiger partial charge in [-0.3, -0.25) is 4.79 Å². The summed E-state index contributed by atoms with van der Waals surface area (Å²) in [5.41, 5.74) is 7.85. The lowest BCUT2D eigenvalue weighted by Crippen LogP contribution is -2.41. The van der Waals surface area contributed by atoms with Gasteiger partial charge in [-0.25, -0.2) is 9.36 Å². The summed E-state index contributed by atoms with van der Waals surface area (Å²) < 4.78 is 7.14. The van der Waals surface area contributed by atoms with Crippen LogP contribution in [0, 0.1) is 5.92 Å². The molecule has 26 heavy (non-hydrogen) atoms. The maximum Gasteiger partial charge on any atom is 0.419 e. The largest absolute Gasteiger partial charge is 0.442 e. The highest BCUT2D eigenvalue weighted by Gasteiger charge is 2.33. The third-order valence-corrected chi connectivity index (χ3v) is 4.70. The summed E-state index contributed by atoms with van der Waals surface area (Å²) >= 11 is 0. The summed E-state index contributed by atoms with van der Waals surface area (Å²) in [6.07, 6.45) is 1.06. The summed E-state index contributed by atoms with van der Waals surface area (Å²) in [6, 6.07) is 7.63. The van der Waals surface area contributed by atoms with Crippen molar-refractivity contribution in [1.82, 2.24) is 9.88 Å². The molecule has 0 bridgehead atoms. The molecule has 0 unspecified atom stereocenters. The van der Waals surface area contributed by atoms with Crippen LogP contribution in [0.1, 0.15) is 45.4 Å². The van der Waals surface area contributed by atoms with Crippen LogP contribution in [-0.2, 0) is 22.5 Å². The van der Waals surface area contributed by atoms with E-state index in [9.17, 15) is 9.59 Å². The van der Waals surface area contributed by atoms with E-state index < -0.39 is 5.60 Å². The van der Waals surface area contributed by atoms with Crippen LogP contribution in [0.2, 0.25) is 0 Å². The van der Waals surface area contributed by atoms with Gasteiger partial charge in [0.05, 0.1) is 11.6 Å². The van der Waals surface area contributed by atoms with Gasteiger partial charge in [0.2, 0.25) is 5.91 Å². The number of primary amides is 1. The maximum absolute atomic E-state index is 12.3. The summed E-state index contributed by atoms with van der Waals surface area (Å²) in [4.78, 5) is 23.9. The smallest absolute Gasteiger partial charge is 0.419 e. The Morgan fingerprint density at radius 1 is 1.35 bits per heavy atom. The number of ether oxygens (including phenoxy) is 1. The Morgan fingerprint density at radius 3 is 2.73 bits per heavy atom. The molecule has 3 N–H and O–H groups in total. The number of carbonyl (C=O) groups excluding carboxylic acids is 2. The van der Waals surface area contributed by atoms with Crippen molar-refractivity contribution in [2.24, 2.45) is 11.7 Å². The fraction of sp³-hybridized carbons (Fsp3) is 0.500. The van der Waals surface area contributed by atoms with Crippen LogP contribution in [-0.4, -0.2) is 28.2 Å². The number of nitrogens with one attached hydrogen (secondary N) is 1. The molecule has 1 aliphatic rings. The van der Waals surface area contributed by atoms with Crippen molar-refractivity contribution in [3.05, 3.63) is 35.5 Å². The van der Waals surface area contributed by atoms with E-state index in [2.05, 4.69) is 19.2 Å². The minimum Gasteiger partial charge on any atom is -0.442 e. The Kier molecular flexibility index (Phi) is 4.80. The topological polar surface area (TPSA) is 86.3 Å². The molecular formula is C20H27N3O3. The highest BCUT2D eigenvalue weighted by Crippen LogP contribution is 2.30. The van der Waals surface area contributed by atoms with Crippen molar-refractivity contribution in [2.75, 3.05) is 0 Å². The second-order valence-electron chi connectivity index (χ2n) is 8.13. The third-order valence-electron chi connectivity index (χ3n) is 4.70. The fourth-order valence-electron chi connectivity index (χ4n) is 3.54. The zero-order valence-corrected chi connectivity index (χ0v) is 15.8. The number of hydrogen-bond donors (Lipinski definition) is 2. The first-order valence-electron chi connectivity index (χ1n) is 9.05. The van der Waals surface area contributed by atoms with E-state index in [1.165, 1.54) is 0 Å². The molecule has 1 aromatic heterocycles. The van der Waals surface area contributed by atoms with Crippen LogP contribution in [0.3, 0.4) is 0 Å². The molecule has 3 rings (SSSR count). The molecule has 1 aromatic carbocycles. The number of amides is 1. The summed E-state index contributed by atoms with van der Waals surface area (Å²) in [6.45, 7) is 8.51. The van der Waals surface area contributed by atoms with Crippen molar-refractivity contribution >= 4 is 22.9 Å². The first-order valence-corrected chi connectivity index (χ1v) is 9.05. The predicted molar refractivity (Wildman–Crippen MR) is 101 cm³/mol. The average molecular weight is 357 g/mol. The van der Waals surface area contributed by atoms with Gasteiger partial charge in [-0.2, -0.15) is 0 Å². The molecule has 6 heteroatoms. The van der Waals surface area contributed by atoms with Gasteiger partial charge in [0.1, 0.15) is 5.60 Å². The van der Waals surface area contributed by atoms with Crippen molar-refractivity contribution in [3.8, 4) is 0 Å². The SMILES string of the molecule is CC(C)C[C@@H](NCc1ccc2c(c1)cc1n2C(=O)OC(C)(C)C1)C(N)=O. The predicted octanol–water partition coefficient (Wildman–Crippen LogP) is 2.95. The Hall–Kier alpha value is -2.34. The lowest BCUT2D eigenvalue weighted by molar-refractivity contribution is -0.120. The summed E-state index contributed by atoms with van der Waals surface area (Å²) in [7, 11) is 0. The molecular weight excluding hydrogens is 330 g/mol. The molecule has 1 amide bonds. The van der Waals surface area contributed by atoms with Crippen molar-refractivity contribution < 1.29 is 14.3 Å². The zero-order chi connectivity index (χ0) is 19.1. The molecule has 0 saturated heterocycles. The molecule has 0 fully saturated rings. The summed E-state index contributed by atoms with van der Waals surface area (Å²) in [5, 5.41) is 4.24. The maximum atomic E-state index is 12.3. The molecule has 0 spiro atoms. The standard InChI is InChI=1S/C20H27N3O3/c1-12(2)7-16(18(21)24)22-11-13-5-6-17-14(8-13)9-15-10-20(3,4)26-19(25)23(15)17/h5-6,8-9,12,16,22H,7,10-11H2,1-4H3,(H2,21,24)/t16-/m1/s1. The first-order chi connectivity index (χ1) is 12.2. The van der Waals surface area contributed by atoms with Gasteiger partial charge in [-0.1, -0.05) is 19.9 Å². The van der Waals surface area contributed by atoms with Crippen molar-refractivity contribution in [3.63, 3.8) is 0 Å². The number of rotatable bonds is 6. The number of nitrogens with two attached hydrogens (primary N) is 1. The number of hydrogen-bond acceptors (Lipinski definition) is 4. The quantitative estimate of drug-likeness (QED) is 0.832. The fourth-order valence-corrected chi connectivity index (χ4v) is 3.54. The normalized spacial score (nSPS) is 17.2. The van der Waals surface area contributed by atoms with Crippen LogP contribution >= 0.6 is 0 Å². The Labute approximate surface area is 153 Å². The van der Waals surface area contributed by atoms with Crippen LogP contribution in [0.4, 0.5) is 4.79 Å². The van der Waals surface area contributed by atoms with E-state index in [0.717, 1.165) is 22.2 Å². The number of nitrogens with zero attached hydrogens (tertiary/aromatic N) is 1. The molecule has 2 heterocycles. The highest BCUT2D eigenvalue weighted by atomic mass is 16.6. The monoisotopic (exact) mass is 357 g/mol. The third kappa shape index (κ3) is 3.75. The number of aromatic nitrogens is 1. The first kappa shape index (κ1) is 18.5. The minimum atomic E-state index is -0.489. The Bertz CT molecular complexity index is 851. The van der Waals surface area contributed by atoms with Gasteiger partial charge in [0, 0.05) is 24.0 Å². The average Bonchev–Trinajstić information content (AvgIpc) is 2.86. The van der Waals surface area contributed by atoms with E-state index in [0.29, 0.717) is 25.3 Å². The molecule has 0 radical (unpaired) electrons. The van der Waals surface area contributed by atoms with Gasteiger partial charge in [0.15, 0.2) is 0 Å². The van der Waals surface area contributed by atoms with E-state index in [4.69, 9.17) is 10.5 Å². The summed E-state index contributed by atoms with van der Waals surface area (Å²) in [5.74, 6) is 0.0548. The molecule has 0 saturated carbocycles. The molecule has 2 aromatic rings. The molecule has 1 aliphatic heterocycles. The van der Waals surface area contributed by atoms with E-state index in [1.54, 1.807) is 4.57 Å². The molecule has 6 nitrogen and oxygen atoms in total. The minimum absolute atomic E-state index is 0.330. The second kappa shape index (κ2) is 6.76. The zero-order valence-electron chi connectivity index (χ0n) is 15.8. The second-order valence-corrected chi connectivity index (χ2v) is 8.13. The van der Waals surface area contributed by atoms with E-state index in [1.807, 2.05) is 38.1 Å². The Balaban J connectivity index is 1.82. The molecule has 140 valence electrons. The van der Waals surface area contributed by atoms with Crippen molar-refractivity contribution in [1.29, 1.82) is 0 Å². The van der Waals surface area contributed by atoms with Crippen molar-refractivity contribution in [2.45, 2.75) is 58.7 Å².